The second-order valence-corrected chi connectivity index (χ2v) is 1.93. The maximum atomic E-state index is 4.03. The van der Waals surface area contributed by atoms with Crippen molar-refractivity contribution in [1.82, 2.24) is 10.4 Å². The largest absolute Gasteiger partial charge is 0.284 e. The van der Waals surface area contributed by atoms with E-state index in [2.05, 4.69) is 17.0 Å². The van der Waals surface area contributed by atoms with Gasteiger partial charge >= 0.3 is 0 Å². The fourth-order valence-corrected chi connectivity index (χ4v) is 0.802. The Kier molecular flexibility index (Phi) is 2.10. The van der Waals surface area contributed by atoms with Gasteiger partial charge in [0, 0.05) is 6.20 Å². The van der Waals surface area contributed by atoms with Gasteiger partial charge in [-0.2, -0.15) is 0 Å². The Morgan fingerprint density at radius 2 is 2.70 bits per heavy atom. The van der Waals surface area contributed by atoms with Crippen molar-refractivity contribution in [2.75, 3.05) is 6.54 Å². The summed E-state index contributed by atoms with van der Waals surface area (Å²) in [6, 6.07) is 0. The molecule has 54 valence electrons. The van der Waals surface area contributed by atoms with Crippen molar-refractivity contribution in [1.29, 1.82) is 0 Å². The van der Waals surface area contributed by atoms with Gasteiger partial charge in [-0.1, -0.05) is 12.7 Å². The summed E-state index contributed by atoms with van der Waals surface area (Å²) in [7, 11) is 0. The van der Waals surface area contributed by atoms with Crippen molar-refractivity contribution in [2.45, 2.75) is 6.92 Å². The lowest BCUT2D eigenvalue weighted by molar-refractivity contribution is 0.404. The van der Waals surface area contributed by atoms with Crippen LogP contribution in [0.25, 0.3) is 0 Å². The molecule has 0 atom stereocenters. The summed E-state index contributed by atoms with van der Waals surface area (Å²) in [4.78, 5) is 4.03. The third kappa shape index (κ3) is 1.18. The molecule has 0 aromatic rings. The second kappa shape index (κ2) is 3.06. The number of rotatable bonds is 1. The van der Waals surface area contributed by atoms with Gasteiger partial charge in [0.15, 0.2) is 0 Å². The van der Waals surface area contributed by atoms with E-state index in [1.807, 2.05) is 18.0 Å². The van der Waals surface area contributed by atoms with Crippen molar-refractivity contribution in [2.24, 2.45) is 4.99 Å². The van der Waals surface area contributed by atoms with E-state index in [1.165, 1.54) is 0 Å². The minimum atomic E-state index is 0.732. The van der Waals surface area contributed by atoms with Crippen LogP contribution in [0.1, 0.15) is 6.92 Å². The summed E-state index contributed by atoms with van der Waals surface area (Å²) in [6.45, 7) is 6.36. The van der Waals surface area contributed by atoms with Gasteiger partial charge in [-0.3, -0.25) is 15.4 Å². The summed E-state index contributed by atoms with van der Waals surface area (Å²) >= 11 is 0. The molecule has 0 spiro atoms. The van der Waals surface area contributed by atoms with E-state index in [-0.39, 0.29) is 0 Å². The fraction of sp³-hybridized carbons (Fsp3) is 0.286. The van der Waals surface area contributed by atoms with Gasteiger partial charge in [0.1, 0.15) is 6.34 Å². The van der Waals surface area contributed by atoms with E-state index >= 15 is 0 Å². The number of nitrogens with zero attached hydrogens (tertiary/aromatic N) is 2. The zero-order chi connectivity index (χ0) is 7.40. The van der Waals surface area contributed by atoms with E-state index < -0.39 is 0 Å². The monoisotopic (exact) mass is 137 g/mol. The molecule has 10 heavy (non-hydrogen) atoms. The quantitative estimate of drug-likeness (QED) is 0.581. The molecule has 0 saturated carbocycles. The Labute approximate surface area is 60.7 Å². The van der Waals surface area contributed by atoms with Crippen LogP contribution in [-0.2, 0) is 0 Å². The fourth-order valence-electron chi connectivity index (χ4n) is 0.802. The van der Waals surface area contributed by atoms with Crippen LogP contribution in [0.2, 0.25) is 0 Å². The summed E-state index contributed by atoms with van der Waals surface area (Å²) in [6.07, 6.45) is 5.39. The van der Waals surface area contributed by atoms with Crippen LogP contribution in [0.4, 0.5) is 0 Å². The predicted molar refractivity (Wildman–Crippen MR) is 42.3 cm³/mol. The number of hydrogen-bond acceptors (Lipinski definition) is 3. The summed E-state index contributed by atoms with van der Waals surface area (Å²) in [5, 5.41) is 1.84. The van der Waals surface area contributed by atoms with Crippen LogP contribution in [-0.4, -0.2) is 17.9 Å². The molecule has 0 radical (unpaired) electrons. The molecule has 1 aliphatic heterocycles. The normalized spacial score (nSPS) is 20.9. The predicted octanol–water partition coefficient (Wildman–Crippen LogP) is 0.882. The second-order valence-electron chi connectivity index (χ2n) is 1.93. The van der Waals surface area contributed by atoms with E-state index in [0.717, 1.165) is 12.2 Å². The molecule has 0 saturated heterocycles. The third-order valence-electron chi connectivity index (χ3n) is 1.37. The minimum Gasteiger partial charge on any atom is -0.284 e. The van der Waals surface area contributed by atoms with Crippen LogP contribution < -0.4 is 5.43 Å². The van der Waals surface area contributed by atoms with Gasteiger partial charge < -0.3 is 0 Å². The van der Waals surface area contributed by atoms with Gasteiger partial charge in [0.05, 0.1) is 12.2 Å². The van der Waals surface area contributed by atoms with Gasteiger partial charge in [0.2, 0.25) is 0 Å². The van der Waals surface area contributed by atoms with E-state index in [1.54, 1.807) is 12.5 Å². The lowest BCUT2D eigenvalue weighted by Crippen LogP contribution is -2.35. The number of allylic oxidation sites excluding steroid dienone is 1. The van der Waals surface area contributed by atoms with Gasteiger partial charge in [-0.25, -0.2) is 0 Å². The van der Waals surface area contributed by atoms with Crippen molar-refractivity contribution in [3.63, 3.8) is 0 Å². The zero-order valence-corrected chi connectivity index (χ0v) is 6.04. The first-order valence-corrected chi connectivity index (χ1v) is 3.20. The first-order chi connectivity index (χ1) is 4.88. The van der Waals surface area contributed by atoms with E-state index in [0.29, 0.717) is 0 Å². The van der Waals surface area contributed by atoms with Gasteiger partial charge in [-0.15, -0.1) is 0 Å². The van der Waals surface area contributed by atoms with Crippen molar-refractivity contribution < 1.29 is 0 Å². The Morgan fingerprint density at radius 3 is 3.20 bits per heavy atom. The van der Waals surface area contributed by atoms with Crippen LogP contribution in [0.3, 0.4) is 0 Å². The zero-order valence-electron chi connectivity index (χ0n) is 6.04. The summed E-state index contributed by atoms with van der Waals surface area (Å²) in [5.41, 5.74) is 4.05. The molecule has 1 heterocycles. The lowest BCUT2D eigenvalue weighted by atomic mass is 10.4. The first-order valence-electron chi connectivity index (χ1n) is 3.20. The van der Waals surface area contributed by atoms with Crippen molar-refractivity contribution in [3.8, 4) is 0 Å². The van der Waals surface area contributed by atoms with Crippen LogP contribution in [0, 0.1) is 0 Å². The van der Waals surface area contributed by atoms with Gasteiger partial charge in [0.25, 0.3) is 0 Å². The number of hydrogen-bond donors (Lipinski definition) is 1. The molecule has 0 aliphatic carbocycles. The number of hydrazine groups is 1. The SMILES string of the molecule is C=CN1NC=NC/C1=C/C. The Bertz CT molecular complexity index is 181. The first kappa shape index (κ1) is 6.86. The maximum Gasteiger partial charge on any atom is 0.102 e. The molecular formula is C7H11N3. The highest BCUT2D eigenvalue weighted by Gasteiger charge is 2.04. The summed E-state index contributed by atoms with van der Waals surface area (Å²) in [5.74, 6) is 0. The molecular weight excluding hydrogens is 126 g/mol. The molecule has 1 aliphatic rings. The standard InChI is InChI=1S/C7H11N3/c1-3-7-5-8-6-9-10(7)4-2/h3-4,6H,2,5H2,1H3,(H,8,9)/b7-3-. The Balaban J connectivity index is 2.71. The van der Waals surface area contributed by atoms with Gasteiger partial charge in [-0.05, 0) is 6.92 Å². The molecule has 1 rings (SSSR count). The topological polar surface area (TPSA) is 27.6 Å². The van der Waals surface area contributed by atoms with Crippen molar-refractivity contribution in [3.05, 3.63) is 24.6 Å². The Hall–Kier alpha value is -1.25. The van der Waals surface area contributed by atoms with Crippen LogP contribution in [0.15, 0.2) is 29.5 Å². The molecule has 3 heteroatoms. The molecule has 3 nitrogen and oxygen atoms in total. The molecule has 0 aromatic heterocycles. The van der Waals surface area contributed by atoms with Crippen LogP contribution >= 0.6 is 0 Å². The van der Waals surface area contributed by atoms with Crippen LogP contribution in [0.5, 0.6) is 0 Å². The highest BCUT2D eigenvalue weighted by Crippen LogP contribution is 2.03. The minimum absolute atomic E-state index is 0.732. The molecule has 1 N–H and O–H groups in total. The van der Waals surface area contributed by atoms with E-state index in [9.17, 15) is 0 Å². The lowest BCUT2D eigenvalue weighted by Gasteiger charge is -2.24. The number of nitrogens with one attached hydrogen (secondary N) is 1. The summed E-state index contributed by atoms with van der Waals surface area (Å²) < 4.78 is 0. The highest BCUT2D eigenvalue weighted by atomic mass is 15.5. The average molecular weight is 137 g/mol. The average Bonchev–Trinajstić information content (AvgIpc) is 2.04. The molecule has 0 bridgehead atoms. The maximum absolute atomic E-state index is 4.03. The molecule has 0 fully saturated rings. The molecule has 0 amide bonds. The highest BCUT2D eigenvalue weighted by molar-refractivity contribution is 5.55. The molecule has 0 aromatic carbocycles. The van der Waals surface area contributed by atoms with E-state index in [4.69, 9.17) is 0 Å². The Morgan fingerprint density at radius 1 is 1.90 bits per heavy atom. The third-order valence-corrected chi connectivity index (χ3v) is 1.37. The van der Waals surface area contributed by atoms with Crippen molar-refractivity contribution >= 4 is 6.34 Å². The smallest absolute Gasteiger partial charge is 0.102 e. The number of aliphatic imine (C=N–C) groups is 1. The molecule has 0 unspecified atom stereocenters.